The smallest absolute Gasteiger partial charge is 0.273 e. The molecule has 0 radical (unpaired) electrons. The van der Waals surface area contributed by atoms with Crippen molar-refractivity contribution in [2.24, 2.45) is 0 Å². The molecule has 10 heteroatoms. The van der Waals surface area contributed by atoms with Crippen molar-refractivity contribution >= 4 is 21.6 Å². The lowest BCUT2D eigenvalue weighted by molar-refractivity contribution is -0.385. The van der Waals surface area contributed by atoms with E-state index < -0.39 is 14.9 Å². The largest absolute Gasteiger partial charge is 0.351 e. The van der Waals surface area contributed by atoms with Crippen LogP contribution in [0.1, 0.15) is 15.9 Å². The second-order valence-corrected chi connectivity index (χ2v) is 9.01. The molecule has 0 atom stereocenters. The van der Waals surface area contributed by atoms with E-state index in [1.807, 2.05) is 0 Å². The molecule has 160 valence electrons. The Morgan fingerprint density at radius 2 is 1.77 bits per heavy atom. The molecule has 1 heterocycles. The number of rotatable bonds is 7. The van der Waals surface area contributed by atoms with Crippen LogP contribution >= 0.6 is 0 Å². The number of nitro benzene ring substituents is 1. The van der Waals surface area contributed by atoms with Gasteiger partial charge in [0.05, 0.1) is 9.82 Å². The predicted octanol–water partition coefficient (Wildman–Crippen LogP) is 1.64. The number of nitrogens with one attached hydrogen (secondary N) is 1. The van der Waals surface area contributed by atoms with Crippen LogP contribution in [0.5, 0.6) is 0 Å². The zero-order valence-corrected chi connectivity index (χ0v) is 17.5. The molecule has 0 aromatic heterocycles. The van der Waals surface area contributed by atoms with E-state index in [9.17, 15) is 23.3 Å². The van der Waals surface area contributed by atoms with Crippen LogP contribution in [0.25, 0.3) is 0 Å². The maximum atomic E-state index is 12.7. The molecule has 0 aliphatic carbocycles. The van der Waals surface area contributed by atoms with Gasteiger partial charge in [-0.2, -0.15) is 4.31 Å². The summed E-state index contributed by atoms with van der Waals surface area (Å²) in [6.45, 7) is 4.46. The number of nitro groups is 1. The van der Waals surface area contributed by atoms with Crippen LogP contribution in [0.4, 0.5) is 5.69 Å². The van der Waals surface area contributed by atoms with Gasteiger partial charge in [-0.3, -0.25) is 19.8 Å². The first kappa shape index (κ1) is 21.9. The fourth-order valence-corrected chi connectivity index (χ4v) is 4.76. The Morgan fingerprint density at radius 1 is 1.10 bits per heavy atom. The summed E-state index contributed by atoms with van der Waals surface area (Å²) in [6.07, 6.45) is 0. The molecule has 2 aromatic carbocycles. The van der Waals surface area contributed by atoms with E-state index in [0.717, 1.165) is 0 Å². The molecule has 0 saturated carbocycles. The van der Waals surface area contributed by atoms with Crippen molar-refractivity contribution in [2.75, 3.05) is 39.3 Å². The van der Waals surface area contributed by atoms with Crippen LogP contribution in [0.3, 0.4) is 0 Å². The zero-order valence-electron chi connectivity index (χ0n) is 16.7. The maximum Gasteiger partial charge on any atom is 0.273 e. The highest BCUT2D eigenvalue weighted by Crippen LogP contribution is 2.19. The van der Waals surface area contributed by atoms with Crippen molar-refractivity contribution in [1.82, 2.24) is 14.5 Å². The van der Waals surface area contributed by atoms with Gasteiger partial charge in [0.1, 0.15) is 0 Å². The number of aryl methyl sites for hydroxylation is 1. The topological polar surface area (TPSA) is 113 Å². The number of carbonyl (C=O) groups is 1. The van der Waals surface area contributed by atoms with Crippen LogP contribution < -0.4 is 5.32 Å². The molecule has 3 rings (SSSR count). The molecule has 0 unspecified atom stereocenters. The SMILES string of the molecule is Cc1ccc(C(=O)NCCN2CCN(S(=O)(=O)c3ccccc3)CC2)cc1[N+](=O)[O-]. The minimum Gasteiger partial charge on any atom is -0.351 e. The molecular weight excluding hydrogens is 408 g/mol. The van der Waals surface area contributed by atoms with Crippen molar-refractivity contribution in [3.63, 3.8) is 0 Å². The van der Waals surface area contributed by atoms with Gasteiger partial charge < -0.3 is 5.32 Å². The highest BCUT2D eigenvalue weighted by molar-refractivity contribution is 7.89. The summed E-state index contributed by atoms with van der Waals surface area (Å²) >= 11 is 0. The summed E-state index contributed by atoms with van der Waals surface area (Å²) in [5.74, 6) is -0.372. The average Bonchev–Trinajstić information content (AvgIpc) is 2.74. The van der Waals surface area contributed by atoms with E-state index in [1.54, 1.807) is 49.4 Å². The van der Waals surface area contributed by atoms with Gasteiger partial charge in [-0.1, -0.05) is 24.3 Å². The Balaban J connectivity index is 1.48. The molecular formula is C20H24N4O5S. The van der Waals surface area contributed by atoms with E-state index in [0.29, 0.717) is 44.8 Å². The second-order valence-electron chi connectivity index (χ2n) is 7.07. The van der Waals surface area contributed by atoms with E-state index in [1.165, 1.54) is 10.4 Å². The number of sulfonamides is 1. The molecule has 1 aliphatic rings. The van der Waals surface area contributed by atoms with E-state index in [4.69, 9.17) is 0 Å². The van der Waals surface area contributed by atoms with Crippen molar-refractivity contribution < 1.29 is 18.1 Å². The standard InChI is InChI=1S/C20H24N4O5S/c1-16-7-8-17(15-19(16)24(26)27)20(25)21-9-10-22-11-13-23(14-12-22)30(28,29)18-5-3-2-4-6-18/h2-8,15H,9-14H2,1H3,(H,21,25). The fraction of sp³-hybridized carbons (Fsp3) is 0.350. The highest BCUT2D eigenvalue weighted by Gasteiger charge is 2.28. The van der Waals surface area contributed by atoms with E-state index >= 15 is 0 Å². The van der Waals surface area contributed by atoms with E-state index in [2.05, 4.69) is 10.2 Å². The highest BCUT2D eigenvalue weighted by atomic mass is 32.2. The van der Waals surface area contributed by atoms with Crippen LogP contribution in [0, 0.1) is 17.0 Å². The molecule has 2 aromatic rings. The summed E-state index contributed by atoms with van der Waals surface area (Å²) < 4.78 is 26.8. The lowest BCUT2D eigenvalue weighted by atomic mass is 10.1. The Hall–Kier alpha value is -2.82. The van der Waals surface area contributed by atoms with Crippen LogP contribution in [-0.2, 0) is 10.0 Å². The first-order valence-corrected chi connectivity index (χ1v) is 11.0. The normalized spacial score (nSPS) is 15.6. The monoisotopic (exact) mass is 432 g/mol. The molecule has 1 saturated heterocycles. The Bertz CT molecular complexity index is 1020. The molecule has 0 spiro atoms. The number of amides is 1. The summed E-state index contributed by atoms with van der Waals surface area (Å²) in [6, 6.07) is 12.8. The maximum absolute atomic E-state index is 12.7. The summed E-state index contributed by atoms with van der Waals surface area (Å²) in [5, 5.41) is 13.8. The number of nitrogens with zero attached hydrogens (tertiary/aromatic N) is 3. The molecule has 1 aliphatic heterocycles. The zero-order chi connectivity index (χ0) is 21.7. The quantitative estimate of drug-likeness (QED) is 0.526. The minimum atomic E-state index is -3.49. The third-order valence-electron chi connectivity index (χ3n) is 5.09. The van der Waals surface area contributed by atoms with Gasteiger partial charge in [0, 0.05) is 56.5 Å². The summed E-state index contributed by atoms with van der Waals surface area (Å²) in [5.41, 5.74) is 0.657. The molecule has 0 bridgehead atoms. The third kappa shape index (κ3) is 5.02. The van der Waals surface area contributed by atoms with Crippen molar-refractivity contribution in [3.05, 3.63) is 69.8 Å². The van der Waals surface area contributed by atoms with Crippen LogP contribution in [0.2, 0.25) is 0 Å². The number of piperazine rings is 1. The lowest BCUT2D eigenvalue weighted by Gasteiger charge is -2.33. The molecule has 1 amide bonds. The van der Waals surface area contributed by atoms with Gasteiger partial charge in [0.2, 0.25) is 10.0 Å². The number of carbonyl (C=O) groups excluding carboxylic acids is 1. The van der Waals surface area contributed by atoms with Crippen LogP contribution in [0.15, 0.2) is 53.4 Å². The molecule has 30 heavy (non-hydrogen) atoms. The first-order chi connectivity index (χ1) is 14.3. The number of benzene rings is 2. The average molecular weight is 433 g/mol. The van der Waals surface area contributed by atoms with E-state index in [-0.39, 0.29) is 22.1 Å². The predicted molar refractivity (Wildman–Crippen MR) is 112 cm³/mol. The molecule has 1 fully saturated rings. The fourth-order valence-electron chi connectivity index (χ4n) is 3.31. The summed E-state index contributed by atoms with van der Waals surface area (Å²) in [4.78, 5) is 25.2. The van der Waals surface area contributed by atoms with Crippen molar-refractivity contribution in [3.8, 4) is 0 Å². The Morgan fingerprint density at radius 3 is 2.40 bits per heavy atom. The van der Waals surface area contributed by atoms with Gasteiger partial charge in [-0.25, -0.2) is 8.42 Å². The van der Waals surface area contributed by atoms with Crippen molar-refractivity contribution in [1.29, 1.82) is 0 Å². The number of hydrogen-bond donors (Lipinski definition) is 1. The lowest BCUT2D eigenvalue weighted by Crippen LogP contribution is -2.50. The van der Waals surface area contributed by atoms with Gasteiger partial charge >= 0.3 is 0 Å². The third-order valence-corrected chi connectivity index (χ3v) is 7.01. The van der Waals surface area contributed by atoms with Gasteiger partial charge in [0.25, 0.3) is 11.6 Å². The molecule has 1 N–H and O–H groups in total. The Kier molecular flexibility index (Phi) is 6.80. The second kappa shape index (κ2) is 9.33. The summed E-state index contributed by atoms with van der Waals surface area (Å²) in [7, 11) is -3.49. The Labute approximate surface area is 175 Å². The van der Waals surface area contributed by atoms with Gasteiger partial charge in [0.15, 0.2) is 0 Å². The van der Waals surface area contributed by atoms with Crippen LogP contribution in [-0.4, -0.2) is 67.7 Å². The van der Waals surface area contributed by atoms with Gasteiger partial charge in [-0.05, 0) is 25.1 Å². The number of hydrogen-bond acceptors (Lipinski definition) is 6. The first-order valence-electron chi connectivity index (χ1n) is 9.60. The van der Waals surface area contributed by atoms with Gasteiger partial charge in [-0.15, -0.1) is 0 Å². The minimum absolute atomic E-state index is 0.0848. The van der Waals surface area contributed by atoms with Crippen molar-refractivity contribution in [2.45, 2.75) is 11.8 Å². The molecule has 9 nitrogen and oxygen atoms in total.